The van der Waals surface area contributed by atoms with Crippen molar-refractivity contribution in [3.63, 3.8) is 0 Å². The molecule has 2 rings (SSSR count). The maximum atomic E-state index is 11.8. The molecule has 0 radical (unpaired) electrons. The maximum Gasteiger partial charge on any atom is 0.341 e. The van der Waals surface area contributed by atoms with Gasteiger partial charge in [0.2, 0.25) is 5.88 Å². The van der Waals surface area contributed by atoms with Gasteiger partial charge in [0.15, 0.2) is 5.65 Å². The summed E-state index contributed by atoms with van der Waals surface area (Å²) in [5.41, 5.74) is 1.76. The Balaban J connectivity index is 2.37. The summed E-state index contributed by atoms with van der Waals surface area (Å²) in [4.78, 5) is 15.9. The van der Waals surface area contributed by atoms with E-state index in [1.54, 1.807) is 24.4 Å². The molecule has 0 saturated heterocycles. The molecule has 0 fully saturated rings. The van der Waals surface area contributed by atoms with Crippen LogP contribution in [0.25, 0.3) is 5.65 Å². The molecule has 2 aromatic rings. The second-order valence-electron chi connectivity index (χ2n) is 4.08. The minimum Gasteiger partial charge on any atom is -0.477 e. The molecule has 0 spiro atoms. The third kappa shape index (κ3) is 2.67. The van der Waals surface area contributed by atoms with E-state index in [1.807, 2.05) is 6.92 Å². The number of nitrogens with zero attached hydrogens (tertiary/aromatic N) is 3. The Hall–Kier alpha value is -2.11. The van der Waals surface area contributed by atoms with E-state index < -0.39 is 0 Å². The van der Waals surface area contributed by atoms with Crippen LogP contribution in [0.1, 0.15) is 36.3 Å². The second kappa shape index (κ2) is 5.69. The van der Waals surface area contributed by atoms with E-state index >= 15 is 0 Å². The van der Waals surface area contributed by atoms with Crippen LogP contribution in [-0.4, -0.2) is 33.8 Å². The summed E-state index contributed by atoms with van der Waals surface area (Å²) < 4.78 is 12.0. The standard InChI is InChI=1S/C13H17N3O3/c1-4-6-19-12-7-11-14-8-10(13(17)18-5-2)9(3)16(11)15-12/h7-8H,4-6H2,1-3H3. The highest BCUT2D eigenvalue weighted by Gasteiger charge is 2.15. The van der Waals surface area contributed by atoms with E-state index in [9.17, 15) is 4.79 Å². The van der Waals surface area contributed by atoms with Crippen molar-refractivity contribution in [1.29, 1.82) is 0 Å². The highest BCUT2D eigenvalue weighted by atomic mass is 16.5. The third-order valence-corrected chi connectivity index (χ3v) is 2.65. The first-order valence-electron chi connectivity index (χ1n) is 6.32. The largest absolute Gasteiger partial charge is 0.477 e. The molecule has 0 aliphatic rings. The molecule has 2 heterocycles. The zero-order valence-electron chi connectivity index (χ0n) is 11.3. The van der Waals surface area contributed by atoms with Gasteiger partial charge in [0, 0.05) is 12.3 Å². The average molecular weight is 263 g/mol. The topological polar surface area (TPSA) is 65.7 Å². The first kappa shape index (κ1) is 13.3. The number of esters is 1. The fourth-order valence-electron chi connectivity index (χ4n) is 1.71. The number of aromatic nitrogens is 3. The maximum absolute atomic E-state index is 11.8. The van der Waals surface area contributed by atoms with Crippen molar-refractivity contribution in [2.75, 3.05) is 13.2 Å². The summed E-state index contributed by atoms with van der Waals surface area (Å²) in [6, 6.07) is 1.75. The van der Waals surface area contributed by atoms with Crippen molar-refractivity contribution in [3.05, 3.63) is 23.5 Å². The van der Waals surface area contributed by atoms with Gasteiger partial charge >= 0.3 is 5.97 Å². The lowest BCUT2D eigenvalue weighted by Gasteiger charge is -2.05. The predicted molar refractivity (Wildman–Crippen MR) is 69.5 cm³/mol. The van der Waals surface area contributed by atoms with Gasteiger partial charge in [0.1, 0.15) is 0 Å². The van der Waals surface area contributed by atoms with E-state index in [4.69, 9.17) is 9.47 Å². The summed E-state index contributed by atoms with van der Waals surface area (Å²) in [5.74, 6) is 0.124. The van der Waals surface area contributed by atoms with Crippen molar-refractivity contribution in [1.82, 2.24) is 14.6 Å². The van der Waals surface area contributed by atoms with Gasteiger partial charge < -0.3 is 9.47 Å². The van der Waals surface area contributed by atoms with Gasteiger partial charge in [-0.3, -0.25) is 0 Å². The van der Waals surface area contributed by atoms with Crippen LogP contribution in [0.5, 0.6) is 5.88 Å². The minimum absolute atomic E-state index is 0.334. The zero-order valence-corrected chi connectivity index (χ0v) is 11.3. The highest BCUT2D eigenvalue weighted by Crippen LogP contribution is 2.16. The molecule has 0 N–H and O–H groups in total. The molecule has 19 heavy (non-hydrogen) atoms. The van der Waals surface area contributed by atoms with Gasteiger partial charge in [-0.15, -0.1) is 5.10 Å². The summed E-state index contributed by atoms with van der Waals surface area (Å²) in [7, 11) is 0. The molecule has 0 bridgehead atoms. The molecule has 0 aliphatic heterocycles. The van der Waals surface area contributed by atoms with Gasteiger partial charge in [-0.05, 0) is 20.3 Å². The molecule has 0 unspecified atom stereocenters. The number of rotatable bonds is 5. The number of ether oxygens (including phenoxy) is 2. The van der Waals surface area contributed by atoms with Crippen LogP contribution in [0.3, 0.4) is 0 Å². The first-order valence-corrected chi connectivity index (χ1v) is 6.32. The van der Waals surface area contributed by atoms with Crippen molar-refractivity contribution in [2.45, 2.75) is 27.2 Å². The quantitative estimate of drug-likeness (QED) is 0.772. The molecular weight excluding hydrogens is 246 g/mol. The van der Waals surface area contributed by atoms with E-state index in [2.05, 4.69) is 10.1 Å². The molecule has 2 aromatic heterocycles. The van der Waals surface area contributed by atoms with Gasteiger partial charge in [0.25, 0.3) is 0 Å². The second-order valence-corrected chi connectivity index (χ2v) is 4.08. The molecule has 0 aromatic carbocycles. The molecule has 6 heteroatoms. The number of aryl methyl sites for hydroxylation is 1. The Kier molecular flexibility index (Phi) is 3.99. The minimum atomic E-state index is -0.388. The number of hydrogen-bond acceptors (Lipinski definition) is 5. The fraction of sp³-hybridized carbons (Fsp3) is 0.462. The van der Waals surface area contributed by atoms with Crippen LogP contribution in [-0.2, 0) is 4.74 Å². The van der Waals surface area contributed by atoms with Gasteiger partial charge in [-0.25, -0.2) is 14.3 Å². The van der Waals surface area contributed by atoms with E-state index in [0.717, 1.165) is 6.42 Å². The van der Waals surface area contributed by atoms with E-state index in [1.165, 1.54) is 6.20 Å². The Morgan fingerprint density at radius 1 is 1.42 bits per heavy atom. The van der Waals surface area contributed by atoms with Crippen molar-refractivity contribution >= 4 is 11.6 Å². The predicted octanol–water partition coefficient (Wildman–Crippen LogP) is 2.00. The molecular formula is C13H17N3O3. The number of carbonyl (C=O) groups is 1. The van der Waals surface area contributed by atoms with Gasteiger partial charge in [-0.2, -0.15) is 0 Å². The molecule has 6 nitrogen and oxygen atoms in total. The molecule has 0 atom stereocenters. The lowest BCUT2D eigenvalue weighted by Crippen LogP contribution is -2.11. The molecule has 0 aliphatic carbocycles. The van der Waals surface area contributed by atoms with Crippen molar-refractivity contribution in [2.24, 2.45) is 0 Å². The van der Waals surface area contributed by atoms with Gasteiger partial charge in [-0.1, -0.05) is 6.92 Å². The normalized spacial score (nSPS) is 10.7. The Bertz CT molecular complexity index is 592. The summed E-state index contributed by atoms with van der Waals surface area (Å²) >= 11 is 0. The molecule has 0 amide bonds. The van der Waals surface area contributed by atoms with Crippen LogP contribution in [0.15, 0.2) is 12.3 Å². The van der Waals surface area contributed by atoms with Crippen LogP contribution in [0.4, 0.5) is 0 Å². The van der Waals surface area contributed by atoms with Crippen molar-refractivity contribution < 1.29 is 14.3 Å². The Labute approximate surface area is 111 Å². The van der Waals surface area contributed by atoms with Crippen LogP contribution >= 0.6 is 0 Å². The van der Waals surface area contributed by atoms with Crippen LogP contribution in [0, 0.1) is 6.92 Å². The smallest absolute Gasteiger partial charge is 0.341 e. The molecule has 102 valence electrons. The van der Waals surface area contributed by atoms with Crippen LogP contribution < -0.4 is 4.74 Å². The first-order chi connectivity index (χ1) is 9.17. The monoisotopic (exact) mass is 263 g/mol. The summed E-state index contributed by atoms with van der Waals surface area (Å²) in [6.07, 6.45) is 2.42. The molecule has 0 saturated carbocycles. The number of carbonyl (C=O) groups excluding carboxylic acids is 1. The Morgan fingerprint density at radius 3 is 2.89 bits per heavy atom. The Morgan fingerprint density at radius 2 is 2.21 bits per heavy atom. The third-order valence-electron chi connectivity index (χ3n) is 2.65. The number of fused-ring (bicyclic) bond motifs is 1. The van der Waals surface area contributed by atoms with Crippen molar-refractivity contribution in [3.8, 4) is 5.88 Å². The zero-order chi connectivity index (χ0) is 13.8. The lowest BCUT2D eigenvalue weighted by atomic mass is 10.2. The van der Waals surface area contributed by atoms with Gasteiger partial charge in [0.05, 0.1) is 24.5 Å². The summed E-state index contributed by atoms with van der Waals surface area (Å²) in [6.45, 7) is 6.54. The van der Waals surface area contributed by atoms with Crippen LogP contribution in [0.2, 0.25) is 0 Å². The summed E-state index contributed by atoms with van der Waals surface area (Å²) in [5, 5.41) is 4.28. The lowest BCUT2D eigenvalue weighted by molar-refractivity contribution is 0.0524. The van der Waals surface area contributed by atoms with E-state index in [-0.39, 0.29) is 5.97 Å². The highest BCUT2D eigenvalue weighted by molar-refractivity contribution is 5.90. The fourth-order valence-corrected chi connectivity index (χ4v) is 1.71. The number of hydrogen-bond donors (Lipinski definition) is 0. The SMILES string of the molecule is CCCOc1cc2ncc(C(=O)OCC)c(C)n2n1. The van der Waals surface area contributed by atoms with E-state index in [0.29, 0.717) is 36.0 Å². The average Bonchev–Trinajstić information content (AvgIpc) is 2.81.